The lowest BCUT2D eigenvalue weighted by molar-refractivity contribution is -0.124. The van der Waals surface area contributed by atoms with E-state index in [4.69, 9.17) is 5.73 Å². The molecule has 1 amide bonds. The molecule has 8 heteroatoms. The van der Waals surface area contributed by atoms with Gasteiger partial charge in [-0.2, -0.15) is 0 Å². The van der Waals surface area contributed by atoms with Crippen molar-refractivity contribution in [3.63, 3.8) is 0 Å². The van der Waals surface area contributed by atoms with Crippen LogP contribution in [0, 0.1) is 6.92 Å². The third-order valence-corrected chi connectivity index (χ3v) is 6.91. The summed E-state index contributed by atoms with van der Waals surface area (Å²) in [7, 11) is 0. The van der Waals surface area contributed by atoms with Crippen molar-refractivity contribution in [2.45, 2.75) is 38.3 Å². The maximum absolute atomic E-state index is 13.5. The van der Waals surface area contributed by atoms with Gasteiger partial charge in [-0.15, -0.1) is 0 Å². The number of amides is 1. The minimum atomic E-state index is -0.577. The number of rotatable bonds is 8. The summed E-state index contributed by atoms with van der Waals surface area (Å²) in [5.74, 6) is 0.537. The van der Waals surface area contributed by atoms with E-state index in [-0.39, 0.29) is 23.2 Å². The Kier molecular flexibility index (Phi) is 6.98. The maximum atomic E-state index is 13.5. The predicted octanol–water partition coefficient (Wildman–Crippen LogP) is 3.58. The molecule has 4 aromatic rings. The number of nitrogens with zero attached hydrogens (tertiary/aromatic N) is 3. The quantitative estimate of drug-likeness (QED) is 0.345. The summed E-state index contributed by atoms with van der Waals surface area (Å²) < 4.78 is 1.58. The standard InChI is InChI=1S/C29H30N6O2/c1-19-22(12-15-26(30)34-19)16-33-28(36)25-14-13-23-17-31-27(29(37)35(23)25)32-18-24(20-8-4-2-5-9-20)21-10-6-3-7-11-21/h2-12,15,17,24-25H,13-14,16,18H2,1H3,(H2,30,34)(H,31,32)(H,33,36)/t25-/m1/s1. The van der Waals surface area contributed by atoms with E-state index in [1.54, 1.807) is 16.8 Å². The van der Waals surface area contributed by atoms with Gasteiger partial charge in [-0.3, -0.25) is 14.2 Å². The monoisotopic (exact) mass is 494 g/mol. The molecule has 1 atom stereocenters. The molecule has 0 saturated heterocycles. The Bertz CT molecular complexity index is 1410. The van der Waals surface area contributed by atoms with Gasteiger partial charge in [0.2, 0.25) is 5.91 Å². The number of hydrogen-bond acceptors (Lipinski definition) is 6. The molecule has 8 nitrogen and oxygen atoms in total. The Labute approximate surface area is 215 Å². The van der Waals surface area contributed by atoms with E-state index in [1.807, 2.05) is 49.4 Å². The molecule has 5 rings (SSSR count). The van der Waals surface area contributed by atoms with E-state index in [2.05, 4.69) is 44.9 Å². The van der Waals surface area contributed by atoms with Crippen molar-refractivity contribution < 1.29 is 4.79 Å². The van der Waals surface area contributed by atoms with Crippen molar-refractivity contribution in [3.05, 3.63) is 117 Å². The summed E-state index contributed by atoms with van der Waals surface area (Å²) in [5, 5.41) is 6.24. The molecule has 1 aliphatic heterocycles. The van der Waals surface area contributed by atoms with Gasteiger partial charge >= 0.3 is 0 Å². The van der Waals surface area contributed by atoms with Crippen LogP contribution >= 0.6 is 0 Å². The molecule has 0 radical (unpaired) electrons. The number of nitrogens with one attached hydrogen (secondary N) is 2. The van der Waals surface area contributed by atoms with E-state index in [0.29, 0.717) is 31.7 Å². The van der Waals surface area contributed by atoms with Crippen LogP contribution in [0.15, 0.2) is 83.8 Å². The molecule has 0 spiro atoms. The van der Waals surface area contributed by atoms with Crippen molar-refractivity contribution in [1.82, 2.24) is 19.9 Å². The first-order valence-corrected chi connectivity index (χ1v) is 12.4. The number of nitrogens with two attached hydrogens (primary N) is 1. The number of aromatic nitrogens is 3. The zero-order valence-corrected chi connectivity index (χ0v) is 20.7. The first-order chi connectivity index (χ1) is 18.0. The summed E-state index contributed by atoms with van der Waals surface area (Å²) in [6, 6.07) is 23.4. The Morgan fingerprint density at radius 2 is 1.73 bits per heavy atom. The molecule has 2 aromatic heterocycles. The van der Waals surface area contributed by atoms with Crippen LogP contribution in [-0.4, -0.2) is 27.0 Å². The van der Waals surface area contributed by atoms with Gasteiger partial charge in [0.25, 0.3) is 5.56 Å². The second-order valence-corrected chi connectivity index (χ2v) is 9.28. The molecule has 0 bridgehead atoms. The molecule has 2 aromatic carbocycles. The molecule has 37 heavy (non-hydrogen) atoms. The first kappa shape index (κ1) is 24.2. The number of benzene rings is 2. The van der Waals surface area contributed by atoms with Gasteiger partial charge in [-0.05, 0) is 42.5 Å². The molecule has 0 aliphatic carbocycles. The Balaban J connectivity index is 1.33. The van der Waals surface area contributed by atoms with Crippen LogP contribution in [0.3, 0.4) is 0 Å². The van der Waals surface area contributed by atoms with Gasteiger partial charge in [-0.1, -0.05) is 66.7 Å². The summed E-state index contributed by atoms with van der Waals surface area (Å²) in [5.41, 5.74) is 10.2. The maximum Gasteiger partial charge on any atom is 0.294 e. The first-order valence-electron chi connectivity index (χ1n) is 12.4. The van der Waals surface area contributed by atoms with Crippen LogP contribution in [0.5, 0.6) is 0 Å². The average molecular weight is 495 g/mol. The molecule has 0 fully saturated rings. The highest BCUT2D eigenvalue weighted by molar-refractivity contribution is 5.81. The smallest absolute Gasteiger partial charge is 0.294 e. The van der Waals surface area contributed by atoms with Gasteiger partial charge in [-0.25, -0.2) is 9.97 Å². The highest BCUT2D eigenvalue weighted by Gasteiger charge is 2.30. The average Bonchev–Trinajstić information content (AvgIpc) is 3.36. The fourth-order valence-corrected chi connectivity index (χ4v) is 4.90. The SMILES string of the molecule is Cc1nc(N)ccc1CNC(=O)[C@H]1CCc2cnc(NCC(c3ccccc3)c3ccccc3)c(=O)n21. The van der Waals surface area contributed by atoms with Crippen LogP contribution in [0.1, 0.15) is 46.5 Å². The van der Waals surface area contributed by atoms with Crippen LogP contribution in [0.4, 0.5) is 11.6 Å². The lowest BCUT2D eigenvalue weighted by Crippen LogP contribution is -2.36. The highest BCUT2D eigenvalue weighted by atomic mass is 16.2. The largest absolute Gasteiger partial charge is 0.384 e. The topological polar surface area (TPSA) is 115 Å². The normalized spacial score (nSPS) is 14.4. The summed E-state index contributed by atoms with van der Waals surface area (Å²) in [6.45, 7) is 2.68. The minimum Gasteiger partial charge on any atom is -0.384 e. The van der Waals surface area contributed by atoms with Crippen molar-refractivity contribution in [1.29, 1.82) is 0 Å². The molecule has 0 unspecified atom stereocenters. The molecule has 4 N–H and O–H groups in total. The predicted molar refractivity (Wildman–Crippen MR) is 144 cm³/mol. The zero-order valence-electron chi connectivity index (χ0n) is 20.7. The molecular formula is C29H30N6O2. The van der Waals surface area contributed by atoms with Crippen molar-refractivity contribution >= 4 is 17.5 Å². The molecule has 1 aliphatic rings. The number of hydrogen-bond donors (Lipinski definition) is 3. The van der Waals surface area contributed by atoms with E-state index in [0.717, 1.165) is 28.1 Å². The Morgan fingerprint density at radius 1 is 1.05 bits per heavy atom. The van der Waals surface area contributed by atoms with Gasteiger partial charge < -0.3 is 16.4 Å². The molecule has 188 valence electrons. The van der Waals surface area contributed by atoms with Crippen LogP contribution < -0.4 is 21.9 Å². The van der Waals surface area contributed by atoms with E-state index in [1.165, 1.54) is 0 Å². The molecule has 3 heterocycles. The number of carbonyl (C=O) groups is 1. The van der Waals surface area contributed by atoms with E-state index in [9.17, 15) is 9.59 Å². The van der Waals surface area contributed by atoms with Crippen molar-refractivity contribution in [3.8, 4) is 0 Å². The van der Waals surface area contributed by atoms with Gasteiger partial charge in [0.05, 0.1) is 0 Å². The summed E-state index contributed by atoms with van der Waals surface area (Å²) >= 11 is 0. The van der Waals surface area contributed by atoms with Gasteiger partial charge in [0, 0.05) is 36.6 Å². The molecular weight excluding hydrogens is 464 g/mol. The third kappa shape index (κ3) is 5.23. The van der Waals surface area contributed by atoms with E-state index < -0.39 is 6.04 Å². The Hall–Kier alpha value is -4.46. The summed E-state index contributed by atoms with van der Waals surface area (Å²) in [4.78, 5) is 35.2. The minimum absolute atomic E-state index is 0.0395. The summed E-state index contributed by atoms with van der Waals surface area (Å²) in [6.07, 6.45) is 2.88. The third-order valence-electron chi connectivity index (χ3n) is 6.91. The van der Waals surface area contributed by atoms with Gasteiger partial charge in [0.1, 0.15) is 11.9 Å². The lowest BCUT2D eigenvalue weighted by Gasteiger charge is -2.20. The number of pyridine rings is 1. The number of aryl methyl sites for hydroxylation is 2. The number of fused-ring (bicyclic) bond motifs is 1. The second kappa shape index (κ2) is 10.7. The number of anilines is 2. The lowest BCUT2D eigenvalue weighted by atomic mass is 9.91. The van der Waals surface area contributed by atoms with E-state index >= 15 is 0 Å². The van der Waals surface area contributed by atoms with Crippen LogP contribution in [0.25, 0.3) is 0 Å². The fraction of sp³-hybridized carbons (Fsp3) is 0.241. The Morgan fingerprint density at radius 3 is 2.38 bits per heavy atom. The molecule has 0 saturated carbocycles. The number of nitrogen functional groups attached to an aromatic ring is 1. The zero-order chi connectivity index (χ0) is 25.8. The fourth-order valence-electron chi connectivity index (χ4n) is 4.90. The van der Waals surface area contributed by atoms with Crippen molar-refractivity contribution in [2.75, 3.05) is 17.6 Å². The number of carbonyl (C=O) groups excluding carboxylic acids is 1. The van der Waals surface area contributed by atoms with Crippen LogP contribution in [0.2, 0.25) is 0 Å². The van der Waals surface area contributed by atoms with Gasteiger partial charge in [0.15, 0.2) is 5.82 Å². The van der Waals surface area contributed by atoms with Crippen molar-refractivity contribution in [2.24, 2.45) is 0 Å². The van der Waals surface area contributed by atoms with Crippen LogP contribution in [-0.2, 0) is 17.8 Å². The second-order valence-electron chi connectivity index (χ2n) is 9.28. The highest BCUT2D eigenvalue weighted by Crippen LogP contribution is 2.26.